The topological polar surface area (TPSA) is 37.4 Å². The van der Waals surface area contributed by atoms with Crippen LogP contribution in [0.1, 0.15) is 30.1 Å². The summed E-state index contributed by atoms with van der Waals surface area (Å²) in [5.41, 5.74) is 0.607. The lowest BCUT2D eigenvalue weighted by Gasteiger charge is -2.16. The molecule has 0 bridgehead atoms. The number of amides is 1. The first-order chi connectivity index (χ1) is 9.58. The van der Waals surface area contributed by atoms with Gasteiger partial charge in [-0.25, -0.2) is 0 Å². The van der Waals surface area contributed by atoms with Crippen molar-refractivity contribution in [1.82, 2.24) is 4.90 Å². The number of nitrogens with zero attached hydrogens (tertiary/aromatic N) is 1. The molecule has 0 radical (unpaired) electrons. The molecule has 0 saturated heterocycles. The standard InChI is InChI=1S/C15H20ClNO2S/c1-3-4-9-17(2)15(19)11-20-13-7-5-12(6-8-13)14(18)10-16/h5-8H,3-4,9-11H2,1-2H3. The van der Waals surface area contributed by atoms with Crippen LogP contribution in [0.5, 0.6) is 0 Å². The maximum Gasteiger partial charge on any atom is 0.232 e. The fourth-order valence-electron chi connectivity index (χ4n) is 1.59. The van der Waals surface area contributed by atoms with Crippen LogP contribution in [0.15, 0.2) is 29.2 Å². The number of carbonyl (C=O) groups excluding carboxylic acids is 2. The van der Waals surface area contributed by atoms with E-state index in [2.05, 4.69) is 6.92 Å². The second kappa shape index (κ2) is 9.03. The molecule has 0 aliphatic carbocycles. The third kappa shape index (κ3) is 5.55. The summed E-state index contributed by atoms with van der Waals surface area (Å²) < 4.78 is 0. The van der Waals surface area contributed by atoms with Gasteiger partial charge in [0, 0.05) is 24.1 Å². The normalized spacial score (nSPS) is 10.3. The molecule has 5 heteroatoms. The van der Waals surface area contributed by atoms with Crippen LogP contribution in [0, 0.1) is 0 Å². The Balaban J connectivity index is 2.45. The minimum Gasteiger partial charge on any atom is -0.345 e. The highest BCUT2D eigenvalue weighted by Crippen LogP contribution is 2.19. The average molecular weight is 314 g/mol. The summed E-state index contributed by atoms with van der Waals surface area (Å²) in [6, 6.07) is 7.20. The van der Waals surface area contributed by atoms with Gasteiger partial charge in [0.05, 0.1) is 11.6 Å². The van der Waals surface area contributed by atoms with Crippen LogP contribution in [0.2, 0.25) is 0 Å². The van der Waals surface area contributed by atoms with Crippen LogP contribution in [-0.4, -0.2) is 41.8 Å². The maximum atomic E-state index is 11.9. The van der Waals surface area contributed by atoms with Gasteiger partial charge in [-0.15, -0.1) is 23.4 Å². The largest absolute Gasteiger partial charge is 0.345 e. The first kappa shape index (κ1) is 17.1. The zero-order chi connectivity index (χ0) is 15.0. The van der Waals surface area contributed by atoms with Crippen molar-refractivity contribution in [2.24, 2.45) is 0 Å². The van der Waals surface area contributed by atoms with E-state index in [1.807, 2.05) is 19.2 Å². The summed E-state index contributed by atoms with van der Waals surface area (Å²) in [6.45, 7) is 2.91. The van der Waals surface area contributed by atoms with Gasteiger partial charge in [0.1, 0.15) is 0 Å². The lowest BCUT2D eigenvalue weighted by Crippen LogP contribution is -2.29. The van der Waals surface area contributed by atoms with Crippen molar-refractivity contribution in [3.63, 3.8) is 0 Å². The average Bonchev–Trinajstić information content (AvgIpc) is 2.49. The molecule has 0 aliphatic heterocycles. The molecule has 1 amide bonds. The molecule has 110 valence electrons. The van der Waals surface area contributed by atoms with Crippen molar-refractivity contribution >= 4 is 35.1 Å². The van der Waals surface area contributed by atoms with Crippen LogP contribution in [0.25, 0.3) is 0 Å². The Morgan fingerprint density at radius 2 is 1.90 bits per heavy atom. The van der Waals surface area contributed by atoms with Crippen LogP contribution in [0.3, 0.4) is 0 Å². The van der Waals surface area contributed by atoms with Crippen LogP contribution >= 0.6 is 23.4 Å². The molecule has 3 nitrogen and oxygen atoms in total. The molecule has 1 rings (SSSR count). The van der Waals surface area contributed by atoms with Crippen molar-refractivity contribution in [2.45, 2.75) is 24.7 Å². The molecule has 1 aromatic rings. The smallest absolute Gasteiger partial charge is 0.232 e. The fourth-order valence-corrected chi connectivity index (χ4v) is 2.58. The van der Waals surface area contributed by atoms with Crippen molar-refractivity contribution in [3.8, 4) is 0 Å². The number of Topliss-reactive ketones (excluding diaryl/α,β-unsaturated/α-hetero) is 1. The van der Waals surface area contributed by atoms with Crippen molar-refractivity contribution in [3.05, 3.63) is 29.8 Å². The van der Waals surface area contributed by atoms with E-state index in [0.29, 0.717) is 11.3 Å². The number of alkyl halides is 1. The highest BCUT2D eigenvalue weighted by Gasteiger charge is 2.09. The van der Waals surface area contributed by atoms with E-state index in [-0.39, 0.29) is 17.6 Å². The van der Waals surface area contributed by atoms with Gasteiger partial charge in [-0.05, 0) is 18.6 Å². The van der Waals surface area contributed by atoms with Gasteiger partial charge < -0.3 is 4.90 Å². The first-order valence-corrected chi connectivity index (χ1v) is 8.16. The van der Waals surface area contributed by atoms with Gasteiger partial charge in [0.15, 0.2) is 5.78 Å². The van der Waals surface area contributed by atoms with E-state index in [0.717, 1.165) is 24.3 Å². The Morgan fingerprint density at radius 3 is 2.45 bits per heavy atom. The predicted octanol–water partition coefficient (Wildman–Crippen LogP) is 3.46. The molecule has 20 heavy (non-hydrogen) atoms. The third-order valence-corrected chi connectivity index (χ3v) is 4.17. The number of carbonyl (C=O) groups is 2. The maximum absolute atomic E-state index is 11.9. The van der Waals surface area contributed by atoms with E-state index >= 15 is 0 Å². The lowest BCUT2D eigenvalue weighted by atomic mass is 10.1. The minimum absolute atomic E-state index is 0.00675. The van der Waals surface area contributed by atoms with Gasteiger partial charge in [0.2, 0.25) is 5.91 Å². The number of rotatable bonds is 8. The molecule has 0 saturated carbocycles. The Kier molecular flexibility index (Phi) is 7.70. The Morgan fingerprint density at radius 1 is 1.25 bits per heavy atom. The highest BCUT2D eigenvalue weighted by molar-refractivity contribution is 8.00. The molecule has 0 heterocycles. The van der Waals surface area contributed by atoms with Gasteiger partial charge in [0.25, 0.3) is 0 Å². The van der Waals surface area contributed by atoms with E-state index in [9.17, 15) is 9.59 Å². The zero-order valence-corrected chi connectivity index (χ0v) is 13.5. The molecule has 0 atom stereocenters. The van der Waals surface area contributed by atoms with Crippen molar-refractivity contribution in [1.29, 1.82) is 0 Å². The summed E-state index contributed by atoms with van der Waals surface area (Å²) in [4.78, 5) is 26.0. The van der Waals surface area contributed by atoms with E-state index < -0.39 is 0 Å². The van der Waals surface area contributed by atoms with Gasteiger partial charge in [-0.3, -0.25) is 9.59 Å². The number of hydrogen-bond acceptors (Lipinski definition) is 3. The van der Waals surface area contributed by atoms with Crippen LogP contribution < -0.4 is 0 Å². The van der Waals surface area contributed by atoms with Crippen molar-refractivity contribution < 1.29 is 9.59 Å². The monoisotopic (exact) mass is 313 g/mol. The number of hydrogen-bond donors (Lipinski definition) is 0. The van der Waals surface area contributed by atoms with Gasteiger partial charge >= 0.3 is 0 Å². The SMILES string of the molecule is CCCCN(C)C(=O)CSc1ccc(C(=O)CCl)cc1. The molecular formula is C15H20ClNO2S. The number of benzene rings is 1. The van der Waals surface area contributed by atoms with Crippen molar-refractivity contribution in [2.75, 3.05) is 25.2 Å². The predicted molar refractivity (Wildman–Crippen MR) is 84.8 cm³/mol. The number of unbranched alkanes of at least 4 members (excludes halogenated alkanes) is 1. The summed E-state index contributed by atoms with van der Waals surface area (Å²) in [7, 11) is 1.83. The Hall–Kier alpha value is -1.00. The van der Waals surface area contributed by atoms with E-state index in [1.54, 1.807) is 17.0 Å². The minimum atomic E-state index is -0.0846. The van der Waals surface area contributed by atoms with Crippen LogP contribution in [-0.2, 0) is 4.79 Å². The molecule has 0 aliphatic rings. The number of thioether (sulfide) groups is 1. The first-order valence-electron chi connectivity index (χ1n) is 6.64. The summed E-state index contributed by atoms with van der Waals surface area (Å²) in [5.74, 6) is 0.457. The molecule has 0 N–H and O–H groups in total. The second-order valence-electron chi connectivity index (χ2n) is 4.54. The Bertz CT molecular complexity index is 448. The van der Waals surface area contributed by atoms with Gasteiger partial charge in [-0.1, -0.05) is 25.5 Å². The number of ketones is 1. The molecule has 0 spiro atoms. The molecule has 0 aromatic heterocycles. The third-order valence-electron chi connectivity index (χ3n) is 2.93. The molecular weight excluding hydrogens is 294 g/mol. The highest BCUT2D eigenvalue weighted by atomic mass is 35.5. The Labute approximate surface area is 129 Å². The van der Waals surface area contributed by atoms with Crippen LogP contribution in [0.4, 0.5) is 0 Å². The van der Waals surface area contributed by atoms with E-state index in [1.165, 1.54) is 11.8 Å². The second-order valence-corrected chi connectivity index (χ2v) is 5.85. The number of halogens is 1. The zero-order valence-electron chi connectivity index (χ0n) is 11.9. The molecule has 0 unspecified atom stereocenters. The van der Waals surface area contributed by atoms with E-state index in [4.69, 9.17) is 11.6 Å². The summed E-state index contributed by atoms with van der Waals surface area (Å²) >= 11 is 6.98. The van der Waals surface area contributed by atoms with Gasteiger partial charge in [-0.2, -0.15) is 0 Å². The lowest BCUT2D eigenvalue weighted by molar-refractivity contribution is -0.127. The summed E-state index contributed by atoms with van der Waals surface area (Å²) in [5, 5.41) is 0. The summed E-state index contributed by atoms with van der Waals surface area (Å²) in [6.07, 6.45) is 2.11. The molecule has 1 aromatic carbocycles. The fraction of sp³-hybridized carbons (Fsp3) is 0.467. The molecule has 0 fully saturated rings. The quantitative estimate of drug-likeness (QED) is 0.419.